The maximum Gasteiger partial charge on any atom is 0.225 e. The van der Waals surface area contributed by atoms with Gasteiger partial charge in [-0.3, -0.25) is 0 Å². The summed E-state index contributed by atoms with van der Waals surface area (Å²) in [6.07, 6.45) is 5.64. The monoisotopic (exact) mass is 221 g/mol. The zero-order valence-corrected chi connectivity index (χ0v) is 9.98. The molecule has 88 valence electrons. The molecule has 4 heteroatoms. The lowest BCUT2D eigenvalue weighted by Gasteiger charge is -2.17. The fourth-order valence-electron chi connectivity index (χ4n) is 1.39. The van der Waals surface area contributed by atoms with E-state index in [9.17, 15) is 0 Å². The van der Waals surface area contributed by atoms with E-state index in [-0.39, 0.29) is 6.61 Å². The first kappa shape index (κ1) is 12.6. The van der Waals surface area contributed by atoms with E-state index < -0.39 is 0 Å². The summed E-state index contributed by atoms with van der Waals surface area (Å²) < 4.78 is 0. The molecule has 0 amide bonds. The van der Waals surface area contributed by atoms with Crippen molar-refractivity contribution >= 4 is 5.95 Å². The molecule has 1 heterocycles. The van der Waals surface area contributed by atoms with E-state index in [2.05, 4.69) is 16.5 Å². The first-order valence-corrected chi connectivity index (χ1v) is 5.44. The third-order valence-corrected chi connectivity index (χ3v) is 2.48. The molecule has 0 bridgehead atoms. The van der Waals surface area contributed by atoms with Crippen molar-refractivity contribution in [2.24, 2.45) is 0 Å². The number of allylic oxidation sites excluding steroid dienone is 1. The molecule has 0 aliphatic rings. The number of unbranched alkanes of at least 4 members (excludes halogenated alkanes) is 1. The molecule has 0 spiro atoms. The summed E-state index contributed by atoms with van der Waals surface area (Å²) in [5, 5.41) is 9.02. The fourth-order valence-corrected chi connectivity index (χ4v) is 1.39. The number of aliphatic hydroxyl groups is 1. The van der Waals surface area contributed by atoms with Gasteiger partial charge in [0, 0.05) is 31.0 Å². The maximum absolute atomic E-state index is 9.02. The van der Waals surface area contributed by atoms with Crippen molar-refractivity contribution in [2.45, 2.75) is 26.4 Å². The first-order valence-electron chi connectivity index (χ1n) is 5.44. The Morgan fingerprint density at radius 3 is 2.88 bits per heavy atom. The number of nitrogens with zero attached hydrogens (tertiary/aromatic N) is 3. The third kappa shape index (κ3) is 3.31. The second kappa shape index (κ2) is 6.23. The van der Waals surface area contributed by atoms with Crippen LogP contribution in [-0.2, 0) is 6.61 Å². The van der Waals surface area contributed by atoms with Crippen LogP contribution < -0.4 is 4.90 Å². The molecular formula is C12H19N3O. The summed E-state index contributed by atoms with van der Waals surface area (Å²) in [5.41, 5.74) is 1.62. The zero-order valence-electron chi connectivity index (χ0n) is 9.98. The van der Waals surface area contributed by atoms with Crippen LogP contribution in [0.4, 0.5) is 5.95 Å². The second-order valence-electron chi connectivity index (χ2n) is 3.79. The van der Waals surface area contributed by atoms with Crippen LogP contribution in [0.2, 0.25) is 0 Å². The Bertz CT molecular complexity index is 352. The van der Waals surface area contributed by atoms with Gasteiger partial charge in [-0.15, -0.1) is 6.58 Å². The average Bonchev–Trinajstić information content (AvgIpc) is 2.29. The SMILES string of the molecule is C=CCCCN(C)c1ncc(CO)c(C)n1. The minimum Gasteiger partial charge on any atom is -0.392 e. The Morgan fingerprint density at radius 1 is 1.56 bits per heavy atom. The summed E-state index contributed by atoms with van der Waals surface area (Å²) in [6, 6.07) is 0. The third-order valence-electron chi connectivity index (χ3n) is 2.48. The molecule has 1 rings (SSSR count). The van der Waals surface area contributed by atoms with E-state index in [4.69, 9.17) is 5.11 Å². The van der Waals surface area contributed by atoms with Crippen LogP contribution in [0.3, 0.4) is 0 Å². The highest BCUT2D eigenvalue weighted by Gasteiger charge is 2.06. The zero-order chi connectivity index (χ0) is 12.0. The lowest BCUT2D eigenvalue weighted by atomic mass is 10.2. The Hall–Kier alpha value is -1.42. The largest absolute Gasteiger partial charge is 0.392 e. The van der Waals surface area contributed by atoms with Crippen molar-refractivity contribution in [3.8, 4) is 0 Å². The van der Waals surface area contributed by atoms with Gasteiger partial charge in [0.25, 0.3) is 0 Å². The van der Waals surface area contributed by atoms with Crippen LogP contribution >= 0.6 is 0 Å². The normalized spacial score (nSPS) is 10.2. The van der Waals surface area contributed by atoms with Crippen LogP contribution in [0.5, 0.6) is 0 Å². The summed E-state index contributed by atoms with van der Waals surface area (Å²) in [5.74, 6) is 0.707. The molecule has 0 fully saturated rings. The minimum absolute atomic E-state index is 0.00765. The van der Waals surface area contributed by atoms with Gasteiger partial charge >= 0.3 is 0 Å². The van der Waals surface area contributed by atoms with E-state index >= 15 is 0 Å². The van der Waals surface area contributed by atoms with Gasteiger partial charge in [0.15, 0.2) is 0 Å². The summed E-state index contributed by atoms with van der Waals surface area (Å²) in [4.78, 5) is 10.6. The standard InChI is InChI=1S/C12H19N3O/c1-4-5-6-7-15(3)12-13-8-11(9-16)10(2)14-12/h4,8,16H,1,5-7,9H2,2-3H3. The second-order valence-corrected chi connectivity index (χ2v) is 3.79. The van der Waals surface area contributed by atoms with E-state index in [0.717, 1.165) is 30.6 Å². The highest BCUT2D eigenvalue weighted by atomic mass is 16.3. The van der Waals surface area contributed by atoms with E-state index in [1.54, 1.807) is 6.20 Å². The predicted molar refractivity (Wildman–Crippen MR) is 65.4 cm³/mol. The van der Waals surface area contributed by atoms with Crippen LogP contribution in [0.25, 0.3) is 0 Å². The molecule has 0 saturated heterocycles. The van der Waals surface area contributed by atoms with Gasteiger partial charge in [0.1, 0.15) is 0 Å². The van der Waals surface area contributed by atoms with Gasteiger partial charge < -0.3 is 10.0 Å². The van der Waals surface area contributed by atoms with Gasteiger partial charge in [-0.25, -0.2) is 9.97 Å². The van der Waals surface area contributed by atoms with Gasteiger partial charge in [-0.2, -0.15) is 0 Å². The molecule has 0 aromatic carbocycles. The highest BCUT2D eigenvalue weighted by Crippen LogP contribution is 2.10. The molecule has 0 aliphatic carbocycles. The topological polar surface area (TPSA) is 49.2 Å². The number of aromatic nitrogens is 2. The molecule has 4 nitrogen and oxygen atoms in total. The van der Waals surface area contributed by atoms with Gasteiger partial charge in [-0.1, -0.05) is 6.08 Å². The molecule has 0 unspecified atom stereocenters. The van der Waals surface area contributed by atoms with Crippen LogP contribution in [0, 0.1) is 6.92 Å². The summed E-state index contributed by atoms with van der Waals surface area (Å²) in [6.45, 7) is 6.47. The molecule has 1 N–H and O–H groups in total. The minimum atomic E-state index is -0.00765. The lowest BCUT2D eigenvalue weighted by Crippen LogP contribution is -2.21. The quantitative estimate of drug-likeness (QED) is 0.586. The number of anilines is 1. The number of aryl methyl sites for hydroxylation is 1. The number of aliphatic hydroxyl groups excluding tert-OH is 1. The molecule has 16 heavy (non-hydrogen) atoms. The first-order chi connectivity index (χ1) is 7.69. The summed E-state index contributed by atoms with van der Waals surface area (Å²) in [7, 11) is 1.97. The van der Waals surface area contributed by atoms with Crippen LogP contribution in [0.1, 0.15) is 24.1 Å². The Morgan fingerprint density at radius 2 is 2.31 bits per heavy atom. The number of rotatable bonds is 6. The molecular weight excluding hydrogens is 202 g/mol. The van der Waals surface area contributed by atoms with Gasteiger partial charge in [-0.05, 0) is 19.8 Å². The van der Waals surface area contributed by atoms with Crippen LogP contribution in [0.15, 0.2) is 18.9 Å². The highest BCUT2D eigenvalue weighted by molar-refractivity contribution is 5.31. The van der Waals surface area contributed by atoms with E-state index in [0.29, 0.717) is 5.95 Å². The Balaban J connectivity index is 2.65. The number of hydrogen-bond acceptors (Lipinski definition) is 4. The Kier molecular flexibility index (Phi) is 4.92. The van der Waals surface area contributed by atoms with Crippen molar-refractivity contribution in [2.75, 3.05) is 18.5 Å². The van der Waals surface area contributed by atoms with E-state index in [1.165, 1.54) is 0 Å². The molecule has 1 aromatic rings. The average molecular weight is 221 g/mol. The molecule has 0 radical (unpaired) electrons. The van der Waals surface area contributed by atoms with Crippen molar-refractivity contribution in [1.29, 1.82) is 0 Å². The molecule has 0 atom stereocenters. The van der Waals surface area contributed by atoms with Crippen LogP contribution in [-0.4, -0.2) is 28.7 Å². The molecule has 0 saturated carbocycles. The van der Waals surface area contributed by atoms with Gasteiger partial charge in [0.05, 0.1) is 6.61 Å². The smallest absolute Gasteiger partial charge is 0.225 e. The van der Waals surface area contributed by atoms with Crippen molar-refractivity contribution in [1.82, 2.24) is 9.97 Å². The molecule has 1 aromatic heterocycles. The molecule has 0 aliphatic heterocycles. The van der Waals surface area contributed by atoms with Crippen molar-refractivity contribution < 1.29 is 5.11 Å². The van der Waals surface area contributed by atoms with Gasteiger partial charge in [0.2, 0.25) is 5.95 Å². The van der Waals surface area contributed by atoms with Crippen molar-refractivity contribution in [3.05, 3.63) is 30.1 Å². The van der Waals surface area contributed by atoms with E-state index in [1.807, 2.05) is 24.9 Å². The van der Waals surface area contributed by atoms with Crippen molar-refractivity contribution in [3.63, 3.8) is 0 Å². The fraction of sp³-hybridized carbons (Fsp3) is 0.500. The predicted octanol–water partition coefficient (Wildman–Crippen LogP) is 1.68. The summed E-state index contributed by atoms with van der Waals surface area (Å²) >= 11 is 0. The maximum atomic E-state index is 9.02. The lowest BCUT2D eigenvalue weighted by molar-refractivity contribution is 0.280. The number of hydrogen-bond donors (Lipinski definition) is 1. The Labute approximate surface area is 96.7 Å².